The quantitative estimate of drug-likeness (QED) is 0.900. The van der Waals surface area contributed by atoms with Gasteiger partial charge in [0.05, 0.1) is 15.9 Å². The summed E-state index contributed by atoms with van der Waals surface area (Å²) in [4.78, 5) is 0. The molecule has 0 aliphatic rings. The van der Waals surface area contributed by atoms with Gasteiger partial charge in [-0.1, -0.05) is 13.3 Å². The first kappa shape index (κ1) is 11.7. The van der Waals surface area contributed by atoms with Crippen LogP contribution >= 0.6 is 15.9 Å². The largest absolute Gasteiger partial charge is 0.330 e. The van der Waals surface area contributed by atoms with Gasteiger partial charge in [0.1, 0.15) is 0 Å². The lowest BCUT2D eigenvalue weighted by atomic mass is 10.0. The summed E-state index contributed by atoms with van der Waals surface area (Å²) in [6.45, 7) is 4.93. The van der Waals surface area contributed by atoms with Crippen LogP contribution in [0.5, 0.6) is 0 Å². The summed E-state index contributed by atoms with van der Waals surface area (Å²) in [5, 5.41) is 4.36. The van der Waals surface area contributed by atoms with Crippen molar-refractivity contribution in [2.45, 2.75) is 26.7 Å². The minimum absolute atomic E-state index is 0.557. The van der Waals surface area contributed by atoms with Crippen LogP contribution in [0, 0.1) is 12.8 Å². The van der Waals surface area contributed by atoms with Crippen LogP contribution in [0.2, 0.25) is 0 Å². The van der Waals surface area contributed by atoms with Crippen LogP contribution in [0.4, 0.5) is 0 Å². The van der Waals surface area contributed by atoms with E-state index in [1.165, 1.54) is 5.69 Å². The van der Waals surface area contributed by atoms with Crippen LogP contribution in [0.25, 0.3) is 0 Å². The molecule has 4 heteroatoms. The van der Waals surface area contributed by atoms with Crippen LogP contribution < -0.4 is 5.73 Å². The Kier molecular flexibility index (Phi) is 4.13. The summed E-state index contributed by atoms with van der Waals surface area (Å²) >= 11 is 3.56. The van der Waals surface area contributed by atoms with E-state index in [2.05, 4.69) is 28.0 Å². The fourth-order valence-electron chi connectivity index (χ4n) is 1.57. The van der Waals surface area contributed by atoms with E-state index >= 15 is 0 Å². The van der Waals surface area contributed by atoms with Crippen molar-refractivity contribution in [1.29, 1.82) is 0 Å². The summed E-state index contributed by atoms with van der Waals surface area (Å²) in [5.74, 6) is 0.557. The third kappa shape index (κ3) is 2.36. The highest BCUT2D eigenvalue weighted by Gasteiger charge is 2.14. The van der Waals surface area contributed by atoms with E-state index in [0.29, 0.717) is 5.92 Å². The maximum absolute atomic E-state index is 5.69. The molecule has 0 radical (unpaired) electrons. The lowest BCUT2D eigenvalue weighted by Gasteiger charge is -2.12. The van der Waals surface area contributed by atoms with Gasteiger partial charge in [0.15, 0.2) is 0 Å². The average Bonchev–Trinajstić information content (AvgIpc) is 2.40. The molecule has 0 aliphatic carbocycles. The summed E-state index contributed by atoms with van der Waals surface area (Å²) in [5.41, 5.74) is 7.99. The summed E-state index contributed by atoms with van der Waals surface area (Å²) in [6.07, 6.45) is 2.12. The monoisotopic (exact) mass is 259 g/mol. The van der Waals surface area contributed by atoms with E-state index in [9.17, 15) is 0 Å². The highest BCUT2D eigenvalue weighted by atomic mass is 79.9. The van der Waals surface area contributed by atoms with Gasteiger partial charge < -0.3 is 5.73 Å². The van der Waals surface area contributed by atoms with Gasteiger partial charge in [-0.25, -0.2) is 0 Å². The summed E-state index contributed by atoms with van der Waals surface area (Å²) in [6, 6.07) is 0. The Morgan fingerprint density at radius 3 is 2.57 bits per heavy atom. The van der Waals surface area contributed by atoms with Gasteiger partial charge in [0.25, 0.3) is 0 Å². The van der Waals surface area contributed by atoms with Crippen LogP contribution in [0.15, 0.2) is 4.47 Å². The molecular formula is C10H18BrN3. The zero-order chi connectivity index (χ0) is 10.7. The van der Waals surface area contributed by atoms with Crippen LogP contribution in [0.1, 0.15) is 24.7 Å². The van der Waals surface area contributed by atoms with Crippen LogP contribution in [-0.2, 0) is 13.5 Å². The molecule has 2 N–H and O–H groups in total. The lowest BCUT2D eigenvalue weighted by molar-refractivity contribution is 0.497. The maximum atomic E-state index is 5.69. The van der Waals surface area contributed by atoms with Crippen molar-refractivity contribution in [2.24, 2.45) is 18.7 Å². The summed E-state index contributed by atoms with van der Waals surface area (Å²) < 4.78 is 3.07. The molecular weight excluding hydrogens is 242 g/mol. The second-order valence-electron chi connectivity index (χ2n) is 3.68. The number of rotatable bonds is 4. The lowest BCUT2D eigenvalue weighted by Crippen LogP contribution is -2.17. The van der Waals surface area contributed by atoms with Crippen LogP contribution in [0.3, 0.4) is 0 Å². The van der Waals surface area contributed by atoms with Crippen LogP contribution in [-0.4, -0.2) is 16.3 Å². The Balaban J connectivity index is 2.84. The van der Waals surface area contributed by atoms with Gasteiger partial charge >= 0.3 is 0 Å². The number of aryl methyl sites for hydroxylation is 2. The van der Waals surface area contributed by atoms with Crippen molar-refractivity contribution in [2.75, 3.05) is 6.54 Å². The predicted octanol–water partition coefficient (Wildman–Crippen LogP) is 2.02. The molecule has 1 unspecified atom stereocenters. The number of nitrogens with two attached hydrogens (primary N) is 1. The number of nitrogens with zero attached hydrogens (tertiary/aromatic N) is 2. The molecule has 1 aromatic heterocycles. The number of hydrogen-bond donors (Lipinski definition) is 1. The first-order chi connectivity index (χ1) is 6.60. The first-order valence-electron chi connectivity index (χ1n) is 4.98. The SMILES string of the molecule is CCC(CN)Cc1c(Br)c(C)nn1C. The molecule has 0 saturated heterocycles. The minimum atomic E-state index is 0.557. The van der Waals surface area contributed by atoms with Gasteiger partial charge in [0, 0.05) is 7.05 Å². The topological polar surface area (TPSA) is 43.8 Å². The van der Waals surface area contributed by atoms with Crippen molar-refractivity contribution >= 4 is 15.9 Å². The Bertz CT molecular complexity index is 303. The van der Waals surface area contributed by atoms with E-state index in [-0.39, 0.29) is 0 Å². The number of aromatic nitrogens is 2. The number of hydrogen-bond acceptors (Lipinski definition) is 2. The van der Waals surface area contributed by atoms with Gasteiger partial charge in [-0.15, -0.1) is 0 Å². The van der Waals surface area contributed by atoms with Gasteiger partial charge in [-0.05, 0) is 41.7 Å². The minimum Gasteiger partial charge on any atom is -0.330 e. The molecule has 1 heterocycles. The Morgan fingerprint density at radius 1 is 1.57 bits per heavy atom. The smallest absolute Gasteiger partial charge is 0.0738 e. The third-order valence-electron chi connectivity index (χ3n) is 2.65. The van der Waals surface area contributed by atoms with Gasteiger partial charge in [-0.2, -0.15) is 5.10 Å². The van der Waals surface area contributed by atoms with E-state index in [0.717, 1.165) is 29.6 Å². The highest BCUT2D eigenvalue weighted by molar-refractivity contribution is 9.10. The molecule has 0 bridgehead atoms. The summed E-state index contributed by atoms with van der Waals surface area (Å²) in [7, 11) is 1.98. The molecule has 1 atom stereocenters. The predicted molar refractivity (Wildman–Crippen MR) is 62.2 cm³/mol. The fraction of sp³-hybridized carbons (Fsp3) is 0.700. The maximum Gasteiger partial charge on any atom is 0.0738 e. The van der Waals surface area contributed by atoms with Crippen molar-refractivity contribution in [3.05, 3.63) is 15.9 Å². The molecule has 0 saturated carbocycles. The number of halogens is 1. The highest BCUT2D eigenvalue weighted by Crippen LogP contribution is 2.23. The molecule has 3 nitrogen and oxygen atoms in total. The molecule has 0 aromatic carbocycles. The zero-order valence-electron chi connectivity index (χ0n) is 9.05. The van der Waals surface area contributed by atoms with E-state index in [1.807, 2.05) is 18.7 Å². The van der Waals surface area contributed by atoms with Gasteiger partial charge in [-0.3, -0.25) is 4.68 Å². The van der Waals surface area contributed by atoms with E-state index < -0.39 is 0 Å². The Morgan fingerprint density at radius 2 is 2.21 bits per heavy atom. The van der Waals surface area contributed by atoms with Crippen molar-refractivity contribution in [3.63, 3.8) is 0 Å². The van der Waals surface area contributed by atoms with Gasteiger partial charge in [0.2, 0.25) is 0 Å². The molecule has 14 heavy (non-hydrogen) atoms. The van der Waals surface area contributed by atoms with Crippen molar-refractivity contribution < 1.29 is 0 Å². The van der Waals surface area contributed by atoms with Crippen molar-refractivity contribution in [1.82, 2.24) is 9.78 Å². The molecule has 0 fully saturated rings. The normalized spacial score (nSPS) is 13.2. The Labute approximate surface area is 93.8 Å². The van der Waals surface area contributed by atoms with Crippen molar-refractivity contribution in [3.8, 4) is 0 Å². The van der Waals surface area contributed by atoms with E-state index in [1.54, 1.807) is 0 Å². The second kappa shape index (κ2) is 4.94. The third-order valence-corrected chi connectivity index (χ3v) is 3.69. The second-order valence-corrected chi connectivity index (χ2v) is 4.48. The Hall–Kier alpha value is -0.350. The standard InChI is InChI=1S/C10H18BrN3/c1-4-8(6-12)5-9-10(11)7(2)13-14(9)3/h8H,4-6,12H2,1-3H3. The molecule has 1 aromatic rings. The molecule has 0 spiro atoms. The molecule has 0 aliphatic heterocycles. The first-order valence-corrected chi connectivity index (χ1v) is 5.77. The van der Waals surface area contributed by atoms with E-state index in [4.69, 9.17) is 5.73 Å². The fourth-order valence-corrected chi connectivity index (χ4v) is 2.07. The molecule has 80 valence electrons. The average molecular weight is 260 g/mol. The molecule has 1 rings (SSSR count). The zero-order valence-corrected chi connectivity index (χ0v) is 10.6. The molecule has 0 amide bonds.